The molecule has 0 aliphatic carbocycles. The second-order valence-electron chi connectivity index (χ2n) is 1.85. The molecule has 0 aromatic carbocycles. The van der Waals surface area contributed by atoms with Gasteiger partial charge in [0.05, 0.1) is 0 Å². The van der Waals surface area contributed by atoms with Crippen molar-refractivity contribution < 1.29 is 15.5 Å². The van der Waals surface area contributed by atoms with Crippen molar-refractivity contribution in [3.63, 3.8) is 0 Å². The quantitative estimate of drug-likeness (QED) is 0.481. The van der Waals surface area contributed by atoms with Crippen LogP contribution in [0.2, 0.25) is 0 Å². The first-order chi connectivity index (χ1) is 5.20. The number of amides is 2. The summed E-state index contributed by atoms with van der Waals surface area (Å²) in [6.45, 7) is 0. The topological polar surface area (TPSA) is 112 Å². The molecule has 1 aromatic rings. The summed E-state index contributed by atoms with van der Waals surface area (Å²) in [7, 11) is 0. The van der Waals surface area contributed by atoms with Gasteiger partial charge in [0.1, 0.15) is 0 Å². The van der Waals surface area contributed by atoms with Crippen molar-refractivity contribution in [1.82, 2.24) is 4.73 Å². The summed E-state index contributed by atoms with van der Waals surface area (Å²) in [6, 6.07) is 3.86. The molecule has 0 unspecified atom stereocenters. The summed E-state index contributed by atoms with van der Waals surface area (Å²) in [5.74, 6) is 0. The Hall–Kier alpha value is -1.82. The maximum absolute atomic E-state index is 10.3. The summed E-state index contributed by atoms with van der Waals surface area (Å²) >= 11 is 0. The number of primary amides is 1. The van der Waals surface area contributed by atoms with Crippen molar-refractivity contribution in [3.8, 4) is 0 Å². The number of carbonyl (C=O) groups excluding carboxylic acids is 1. The monoisotopic (exact) mass is 171 g/mol. The number of aromatic nitrogens is 1. The van der Waals surface area contributed by atoms with Crippen LogP contribution in [0, 0.1) is 0 Å². The molecule has 5 N–H and O–H groups in total. The van der Waals surface area contributed by atoms with E-state index in [0.29, 0.717) is 4.73 Å². The van der Waals surface area contributed by atoms with E-state index in [1.54, 1.807) is 12.1 Å². The molecule has 0 fully saturated rings. The van der Waals surface area contributed by atoms with Crippen LogP contribution in [-0.2, 0) is 0 Å². The molecular formula is C6H9N3O3. The lowest BCUT2D eigenvalue weighted by Crippen LogP contribution is -2.21. The first-order valence-electron chi connectivity index (χ1n) is 2.91. The van der Waals surface area contributed by atoms with Crippen molar-refractivity contribution >= 4 is 6.03 Å². The first kappa shape index (κ1) is 10.2. The van der Waals surface area contributed by atoms with E-state index in [1.165, 1.54) is 12.3 Å². The Balaban J connectivity index is 0.00000121. The second-order valence-corrected chi connectivity index (χ2v) is 1.85. The Morgan fingerprint density at radius 2 is 2.25 bits per heavy atom. The van der Waals surface area contributed by atoms with Gasteiger partial charge in [-0.2, -0.15) is 9.72 Å². The third-order valence-corrected chi connectivity index (χ3v) is 1.04. The highest BCUT2D eigenvalue weighted by atomic mass is 16.5. The highest BCUT2D eigenvalue weighted by Crippen LogP contribution is 1.75. The molecule has 6 heteroatoms. The fraction of sp³-hybridized carbons (Fsp3) is 0. The van der Waals surface area contributed by atoms with Crippen LogP contribution in [0.4, 0.5) is 4.79 Å². The summed E-state index contributed by atoms with van der Waals surface area (Å²) in [5.41, 5.74) is 4.87. The van der Waals surface area contributed by atoms with Crippen molar-refractivity contribution in [2.45, 2.75) is 0 Å². The van der Waals surface area contributed by atoms with Crippen LogP contribution in [-0.4, -0.2) is 21.4 Å². The molecule has 6 nitrogen and oxygen atoms in total. The predicted molar refractivity (Wildman–Crippen MR) is 40.4 cm³/mol. The number of hydrogen-bond donors (Lipinski definition) is 2. The Labute approximate surface area is 67.9 Å². The number of hydrogen-bond acceptors (Lipinski definition) is 2. The van der Waals surface area contributed by atoms with Crippen LogP contribution in [0.25, 0.3) is 0 Å². The highest BCUT2D eigenvalue weighted by Gasteiger charge is 1.88. The minimum atomic E-state index is -0.834. The van der Waals surface area contributed by atoms with Gasteiger partial charge >= 0.3 is 6.03 Å². The average Bonchev–Trinajstić information content (AvgIpc) is 1.93. The van der Waals surface area contributed by atoms with Crippen molar-refractivity contribution in [2.75, 3.05) is 0 Å². The van der Waals surface area contributed by atoms with Gasteiger partial charge < -0.3 is 16.4 Å². The van der Waals surface area contributed by atoms with Gasteiger partial charge in [0.15, 0.2) is 5.49 Å². The van der Waals surface area contributed by atoms with Crippen LogP contribution in [0.15, 0.2) is 29.4 Å². The number of nitrogens with two attached hydrogens (primary N) is 1. The zero-order chi connectivity index (χ0) is 8.27. The lowest BCUT2D eigenvalue weighted by atomic mass is 10.5. The first-order valence-corrected chi connectivity index (χ1v) is 2.91. The molecule has 0 saturated heterocycles. The molecule has 0 bridgehead atoms. The number of carbonyl (C=O) groups is 1. The summed E-state index contributed by atoms with van der Waals surface area (Å²) in [5, 5.41) is 8.97. The molecule has 2 amide bonds. The standard InChI is InChI=1S/C6H7N3O2.H2O/c7-6(10)8-5-3-1-2-4-9(5)11;/h1-4,11H,(H2,7,10);1H2/b8-5+;. The Bertz CT molecular complexity index is 331. The molecule has 1 rings (SSSR count). The van der Waals surface area contributed by atoms with Gasteiger partial charge in [-0.25, -0.2) is 4.79 Å². The smallest absolute Gasteiger partial charge is 0.340 e. The van der Waals surface area contributed by atoms with E-state index < -0.39 is 6.03 Å². The molecule has 0 atom stereocenters. The lowest BCUT2D eigenvalue weighted by Gasteiger charge is -1.93. The van der Waals surface area contributed by atoms with E-state index in [0.717, 1.165) is 0 Å². The average molecular weight is 171 g/mol. The molecule has 1 heterocycles. The number of urea groups is 1. The molecule has 66 valence electrons. The molecule has 12 heavy (non-hydrogen) atoms. The van der Waals surface area contributed by atoms with Gasteiger partial charge in [-0.3, -0.25) is 0 Å². The largest absolute Gasteiger partial charge is 0.427 e. The van der Waals surface area contributed by atoms with Crippen LogP contribution >= 0.6 is 0 Å². The van der Waals surface area contributed by atoms with Crippen LogP contribution < -0.4 is 11.2 Å². The minimum absolute atomic E-state index is 0. The Kier molecular flexibility index (Phi) is 3.51. The molecular weight excluding hydrogens is 162 g/mol. The van der Waals surface area contributed by atoms with Crippen molar-refractivity contribution in [1.29, 1.82) is 0 Å². The zero-order valence-electron chi connectivity index (χ0n) is 6.14. The van der Waals surface area contributed by atoms with E-state index in [1.807, 2.05) is 0 Å². The number of nitrogens with zero attached hydrogens (tertiary/aromatic N) is 2. The van der Waals surface area contributed by atoms with Crippen molar-refractivity contribution in [2.24, 2.45) is 10.7 Å². The molecule has 0 spiro atoms. The summed E-state index contributed by atoms with van der Waals surface area (Å²) < 4.78 is 0.713. The third kappa shape index (κ3) is 2.43. The summed E-state index contributed by atoms with van der Waals surface area (Å²) in [6.07, 6.45) is 1.35. The Morgan fingerprint density at radius 3 is 2.75 bits per heavy atom. The zero-order valence-corrected chi connectivity index (χ0v) is 6.14. The number of pyridine rings is 1. The molecule has 0 aliphatic rings. The van der Waals surface area contributed by atoms with E-state index in [9.17, 15) is 4.79 Å². The third-order valence-electron chi connectivity index (χ3n) is 1.04. The van der Waals surface area contributed by atoms with E-state index in [-0.39, 0.29) is 11.0 Å². The van der Waals surface area contributed by atoms with E-state index in [2.05, 4.69) is 4.99 Å². The normalized spacial score (nSPS) is 10.5. The molecule has 0 saturated carbocycles. The predicted octanol–water partition coefficient (Wildman–Crippen LogP) is -1.12. The highest BCUT2D eigenvalue weighted by molar-refractivity contribution is 5.72. The second kappa shape index (κ2) is 4.14. The molecule has 0 aliphatic heterocycles. The van der Waals surface area contributed by atoms with E-state index >= 15 is 0 Å². The van der Waals surface area contributed by atoms with Gasteiger partial charge in [0.25, 0.3) is 0 Å². The fourth-order valence-electron chi connectivity index (χ4n) is 0.627. The maximum atomic E-state index is 10.3. The van der Waals surface area contributed by atoms with Crippen LogP contribution in [0.1, 0.15) is 0 Å². The van der Waals surface area contributed by atoms with Gasteiger partial charge in [-0.15, -0.1) is 0 Å². The van der Waals surface area contributed by atoms with E-state index in [4.69, 9.17) is 10.9 Å². The molecule has 0 radical (unpaired) electrons. The Morgan fingerprint density at radius 1 is 1.58 bits per heavy atom. The lowest BCUT2D eigenvalue weighted by molar-refractivity contribution is 0.171. The van der Waals surface area contributed by atoms with Crippen LogP contribution in [0.5, 0.6) is 0 Å². The van der Waals surface area contributed by atoms with Gasteiger partial charge in [0.2, 0.25) is 0 Å². The SMILES string of the molecule is NC(=O)/N=c1\ccccn1O.O. The van der Waals surface area contributed by atoms with Gasteiger partial charge in [-0.1, -0.05) is 6.07 Å². The molecule has 1 aromatic heterocycles. The number of rotatable bonds is 0. The van der Waals surface area contributed by atoms with Crippen molar-refractivity contribution in [3.05, 3.63) is 29.9 Å². The summed E-state index contributed by atoms with van der Waals surface area (Å²) in [4.78, 5) is 13.6. The maximum Gasteiger partial charge on any atom is 0.340 e. The van der Waals surface area contributed by atoms with Gasteiger partial charge in [0, 0.05) is 6.20 Å². The minimum Gasteiger partial charge on any atom is -0.427 e. The fourth-order valence-corrected chi connectivity index (χ4v) is 0.627. The van der Waals surface area contributed by atoms with Gasteiger partial charge in [-0.05, 0) is 12.1 Å². The van der Waals surface area contributed by atoms with Crippen LogP contribution in [0.3, 0.4) is 0 Å².